The third-order valence-corrected chi connectivity index (χ3v) is 3.15. The van der Waals surface area contributed by atoms with Crippen LogP contribution in [0.15, 0.2) is 30.6 Å². The minimum atomic E-state index is 0.418. The van der Waals surface area contributed by atoms with Crippen LogP contribution in [0.25, 0.3) is 11.3 Å². The molecule has 18 heavy (non-hydrogen) atoms. The van der Waals surface area contributed by atoms with E-state index < -0.39 is 0 Å². The van der Waals surface area contributed by atoms with E-state index in [0.29, 0.717) is 5.92 Å². The van der Waals surface area contributed by atoms with Crippen LogP contribution in [0.3, 0.4) is 0 Å². The third kappa shape index (κ3) is 1.90. The van der Waals surface area contributed by atoms with Gasteiger partial charge in [0.15, 0.2) is 0 Å². The molecule has 0 amide bonds. The third-order valence-electron chi connectivity index (χ3n) is 3.15. The van der Waals surface area contributed by atoms with Gasteiger partial charge in [-0.05, 0) is 24.1 Å². The number of hydrogen-bond donors (Lipinski definition) is 2. The minimum absolute atomic E-state index is 0.418. The van der Waals surface area contributed by atoms with Crippen LogP contribution in [0.4, 0.5) is 11.4 Å². The van der Waals surface area contributed by atoms with Gasteiger partial charge in [-0.1, -0.05) is 19.9 Å². The monoisotopic (exact) mass is 240 g/mol. The summed E-state index contributed by atoms with van der Waals surface area (Å²) in [4.78, 5) is 8.66. The van der Waals surface area contributed by atoms with Gasteiger partial charge in [0.2, 0.25) is 0 Å². The first-order valence-electron chi connectivity index (χ1n) is 6.18. The molecule has 0 saturated heterocycles. The molecule has 1 aromatic heterocycles. The van der Waals surface area contributed by atoms with Gasteiger partial charge in [0.05, 0.1) is 23.7 Å². The molecular formula is C14H16N4. The van der Waals surface area contributed by atoms with Crippen molar-refractivity contribution in [3.63, 3.8) is 0 Å². The molecule has 1 aliphatic heterocycles. The Kier molecular flexibility index (Phi) is 2.63. The SMILES string of the molecule is CC(C)c1cc(-c2ccc3c(c2)NCN3)ncn1. The highest BCUT2D eigenvalue weighted by Gasteiger charge is 2.11. The van der Waals surface area contributed by atoms with E-state index in [1.54, 1.807) is 6.33 Å². The standard InChI is InChI=1S/C14H16N4/c1-9(2)12-6-13(17-8-16-12)10-3-4-11-14(5-10)18-7-15-11/h3-6,8-9,15,18H,7H2,1-2H3. The van der Waals surface area contributed by atoms with Crippen LogP contribution in [0.2, 0.25) is 0 Å². The van der Waals surface area contributed by atoms with Gasteiger partial charge in [-0.3, -0.25) is 0 Å². The largest absolute Gasteiger partial charge is 0.366 e. The Balaban J connectivity index is 2.02. The van der Waals surface area contributed by atoms with Gasteiger partial charge in [-0.2, -0.15) is 0 Å². The Labute approximate surface area is 106 Å². The molecule has 3 rings (SSSR count). The summed E-state index contributed by atoms with van der Waals surface area (Å²) in [5.74, 6) is 0.418. The van der Waals surface area contributed by atoms with Crippen LogP contribution in [0.5, 0.6) is 0 Å². The average molecular weight is 240 g/mol. The van der Waals surface area contributed by atoms with E-state index in [2.05, 4.69) is 58.7 Å². The summed E-state index contributed by atoms with van der Waals surface area (Å²) in [5, 5.41) is 6.56. The lowest BCUT2D eigenvalue weighted by Crippen LogP contribution is -1.99. The molecular weight excluding hydrogens is 224 g/mol. The maximum Gasteiger partial charge on any atom is 0.116 e. The molecule has 0 bridgehead atoms. The minimum Gasteiger partial charge on any atom is -0.366 e. The number of benzene rings is 1. The van der Waals surface area contributed by atoms with Crippen molar-refractivity contribution in [2.75, 3.05) is 17.3 Å². The van der Waals surface area contributed by atoms with Crippen LogP contribution in [0, 0.1) is 0 Å². The van der Waals surface area contributed by atoms with Crippen LogP contribution in [0.1, 0.15) is 25.5 Å². The number of fused-ring (bicyclic) bond motifs is 1. The molecule has 0 atom stereocenters. The van der Waals surface area contributed by atoms with Gasteiger partial charge in [-0.25, -0.2) is 9.97 Å². The summed E-state index contributed by atoms with van der Waals surface area (Å²) in [7, 11) is 0. The molecule has 0 saturated carbocycles. The molecule has 4 nitrogen and oxygen atoms in total. The summed E-state index contributed by atoms with van der Waals surface area (Å²) >= 11 is 0. The van der Waals surface area contributed by atoms with Crippen molar-refractivity contribution < 1.29 is 0 Å². The van der Waals surface area contributed by atoms with Gasteiger partial charge >= 0.3 is 0 Å². The summed E-state index contributed by atoms with van der Waals surface area (Å²) < 4.78 is 0. The van der Waals surface area contributed by atoms with E-state index >= 15 is 0 Å². The maximum absolute atomic E-state index is 4.36. The van der Waals surface area contributed by atoms with E-state index in [1.807, 2.05) is 0 Å². The molecule has 0 unspecified atom stereocenters. The first kappa shape index (κ1) is 11.0. The lowest BCUT2D eigenvalue weighted by Gasteiger charge is -2.07. The van der Waals surface area contributed by atoms with Crippen molar-refractivity contribution in [2.24, 2.45) is 0 Å². The average Bonchev–Trinajstić information content (AvgIpc) is 2.86. The number of hydrogen-bond acceptors (Lipinski definition) is 4. The summed E-state index contributed by atoms with van der Waals surface area (Å²) in [6.45, 7) is 5.07. The van der Waals surface area contributed by atoms with Crippen LogP contribution >= 0.6 is 0 Å². The van der Waals surface area contributed by atoms with E-state index in [9.17, 15) is 0 Å². The highest BCUT2D eigenvalue weighted by molar-refractivity contribution is 5.79. The summed E-state index contributed by atoms with van der Waals surface area (Å²) in [6, 6.07) is 8.36. The Morgan fingerprint density at radius 3 is 2.72 bits per heavy atom. The van der Waals surface area contributed by atoms with E-state index in [1.165, 1.54) is 0 Å². The molecule has 0 spiro atoms. The molecule has 1 aliphatic rings. The lowest BCUT2D eigenvalue weighted by molar-refractivity contribution is 0.815. The molecule has 0 aliphatic carbocycles. The van der Waals surface area contributed by atoms with E-state index in [0.717, 1.165) is 35.0 Å². The number of nitrogens with one attached hydrogen (secondary N) is 2. The Morgan fingerprint density at radius 1 is 1.06 bits per heavy atom. The van der Waals surface area contributed by atoms with Crippen molar-refractivity contribution in [1.29, 1.82) is 0 Å². The van der Waals surface area contributed by atoms with Crippen molar-refractivity contribution in [2.45, 2.75) is 19.8 Å². The molecule has 2 aromatic rings. The van der Waals surface area contributed by atoms with Gasteiger partial charge in [-0.15, -0.1) is 0 Å². The van der Waals surface area contributed by atoms with Crippen molar-refractivity contribution in [3.8, 4) is 11.3 Å². The number of nitrogens with zero attached hydrogens (tertiary/aromatic N) is 2. The van der Waals surface area contributed by atoms with Gasteiger partial charge in [0.25, 0.3) is 0 Å². The van der Waals surface area contributed by atoms with Crippen LogP contribution < -0.4 is 10.6 Å². The zero-order valence-electron chi connectivity index (χ0n) is 10.6. The normalized spacial score (nSPS) is 13.1. The topological polar surface area (TPSA) is 49.8 Å². The molecule has 2 N–H and O–H groups in total. The second-order valence-corrected chi connectivity index (χ2v) is 4.77. The molecule has 2 heterocycles. The highest BCUT2D eigenvalue weighted by Crippen LogP contribution is 2.31. The van der Waals surface area contributed by atoms with Gasteiger partial charge < -0.3 is 10.6 Å². The second-order valence-electron chi connectivity index (χ2n) is 4.77. The van der Waals surface area contributed by atoms with Gasteiger partial charge in [0, 0.05) is 11.3 Å². The zero-order chi connectivity index (χ0) is 12.5. The van der Waals surface area contributed by atoms with Crippen LogP contribution in [-0.4, -0.2) is 16.6 Å². The quantitative estimate of drug-likeness (QED) is 0.847. The summed E-state index contributed by atoms with van der Waals surface area (Å²) in [5.41, 5.74) is 5.46. The Hall–Kier alpha value is -2.10. The van der Waals surface area contributed by atoms with Crippen LogP contribution in [-0.2, 0) is 0 Å². The fourth-order valence-corrected chi connectivity index (χ4v) is 2.08. The van der Waals surface area contributed by atoms with E-state index in [-0.39, 0.29) is 0 Å². The molecule has 0 fully saturated rings. The molecule has 0 radical (unpaired) electrons. The number of anilines is 2. The molecule has 1 aromatic carbocycles. The fourth-order valence-electron chi connectivity index (χ4n) is 2.08. The lowest BCUT2D eigenvalue weighted by atomic mass is 10.1. The van der Waals surface area contributed by atoms with Crippen molar-refractivity contribution in [1.82, 2.24) is 9.97 Å². The summed E-state index contributed by atoms with van der Waals surface area (Å²) in [6.07, 6.45) is 1.64. The Bertz CT molecular complexity index is 578. The Morgan fingerprint density at radius 2 is 1.89 bits per heavy atom. The first-order valence-corrected chi connectivity index (χ1v) is 6.18. The predicted molar refractivity (Wildman–Crippen MR) is 73.7 cm³/mol. The maximum atomic E-state index is 4.36. The smallest absolute Gasteiger partial charge is 0.116 e. The van der Waals surface area contributed by atoms with Gasteiger partial charge in [0.1, 0.15) is 6.33 Å². The van der Waals surface area contributed by atoms with Crippen molar-refractivity contribution >= 4 is 11.4 Å². The van der Waals surface area contributed by atoms with E-state index in [4.69, 9.17) is 0 Å². The second kappa shape index (κ2) is 4.29. The fraction of sp³-hybridized carbons (Fsp3) is 0.286. The molecule has 92 valence electrons. The zero-order valence-corrected chi connectivity index (χ0v) is 10.6. The first-order chi connectivity index (χ1) is 8.74. The number of rotatable bonds is 2. The highest BCUT2D eigenvalue weighted by atomic mass is 15.1. The van der Waals surface area contributed by atoms with Crippen molar-refractivity contribution in [3.05, 3.63) is 36.3 Å². The predicted octanol–water partition coefficient (Wildman–Crippen LogP) is 3.06. The molecule has 4 heteroatoms. The number of aromatic nitrogens is 2.